The summed E-state index contributed by atoms with van der Waals surface area (Å²) in [6.07, 6.45) is 2.10. The fourth-order valence-electron chi connectivity index (χ4n) is 3.02. The van der Waals surface area contributed by atoms with Crippen molar-refractivity contribution in [3.05, 3.63) is 53.3 Å². The van der Waals surface area contributed by atoms with Gasteiger partial charge in [-0.3, -0.25) is 9.67 Å². The summed E-state index contributed by atoms with van der Waals surface area (Å²) in [6.45, 7) is 8.24. The molecule has 0 amide bonds. The molecule has 0 fully saturated rings. The Morgan fingerprint density at radius 3 is 2.52 bits per heavy atom. The van der Waals surface area contributed by atoms with E-state index < -0.39 is 0 Å². The third-order valence-electron chi connectivity index (χ3n) is 4.40. The van der Waals surface area contributed by atoms with E-state index in [4.69, 9.17) is 0 Å². The van der Waals surface area contributed by atoms with Crippen molar-refractivity contribution in [3.63, 3.8) is 0 Å². The molecule has 2 aromatic rings. The maximum Gasteiger partial charge on any atom is 0.193 e. The number of nitrogens with one attached hydrogen (secondary N) is 1. The molecule has 0 radical (unpaired) electrons. The predicted molar refractivity (Wildman–Crippen MR) is 105 cm³/mol. The molecular weight excluding hydrogens is 310 g/mol. The van der Waals surface area contributed by atoms with Crippen LogP contribution < -0.4 is 5.32 Å². The average Bonchev–Trinajstić information content (AvgIpc) is 2.96. The Balaban J connectivity index is 1.98. The maximum absolute atomic E-state index is 4.59. The first-order chi connectivity index (χ1) is 11.9. The van der Waals surface area contributed by atoms with Gasteiger partial charge < -0.3 is 10.2 Å². The molecule has 0 aliphatic rings. The molecule has 1 heterocycles. The molecule has 136 valence electrons. The second kappa shape index (κ2) is 8.70. The van der Waals surface area contributed by atoms with Crippen LogP contribution in [0.2, 0.25) is 0 Å². The van der Waals surface area contributed by atoms with Gasteiger partial charge in [-0.25, -0.2) is 0 Å². The fourth-order valence-corrected chi connectivity index (χ4v) is 3.02. The normalized spacial score (nSPS) is 13.2. The lowest BCUT2D eigenvalue weighted by molar-refractivity contribution is 0.470. The zero-order valence-corrected chi connectivity index (χ0v) is 16.3. The monoisotopic (exact) mass is 341 g/mol. The van der Waals surface area contributed by atoms with Crippen molar-refractivity contribution < 1.29 is 0 Å². The second-order valence-corrected chi connectivity index (χ2v) is 6.96. The number of aromatic nitrogens is 2. The molecule has 1 unspecified atom stereocenters. The van der Waals surface area contributed by atoms with Crippen molar-refractivity contribution >= 4 is 5.96 Å². The molecule has 2 rings (SSSR count). The van der Waals surface area contributed by atoms with Gasteiger partial charge in [-0.1, -0.05) is 51.1 Å². The quantitative estimate of drug-likeness (QED) is 0.647. The molecule has 1 aromatic carbocycles. The van der Waals surface area contributed by atoms with Crippen molar-refractivity contribution in [3.8, 4) is 0 Å². The Morgan fingerprint density at radius 2 is 1.92 bits per heavy atom. The van der Waals surface area contributed by atoms with E-state index in [9.17, 15) is 0 Å². The minimum Gasteiger partial charge on any atom is -0.356 e. The molecule has 1 N–H and O–H groups in total. The van der Waals surface area contributed by atoms with E-state index in [1.807, 2.05) is 18.8 Å². The molecule has 0 bridgehead atoms. The zero-order valence-electron chi connectivity index (χ0n) is 16.3. The van der Waals surface area contributed by atoms with Gasteiger partial charge in [-0.15, -0.1) is 0 Å². The SMILES string of the molecule is CN=C(NCC(C)c1ccccc1)N(C)Cc1cn(C)nc1C(C)C. The number of guanidine groups is 1. The highest BCUT2D eigenvalue weighted by molar-refractivity contribution is 5.79. The highest BCUT2D eigenvalue weighted by Gasteiger charge is 2.15. The highest BCUT2D eigenvalue weighted by Crippen LogP contribution is 2.19. The summed E-state index contributed by atoms with van der Waals surface area (Å²) in [7, 11) is 5.88. The number of rotatable bonds is 6. The minimum absolute atomic E-state index is 0.415. The van der Waals surface area contributed by atoms with E-state index in [1.54, 1.807) is 0 Å². The Morgan fingerprint density at radius 1 is 1.24 bits per heavy atom. The predicted octanol–water partition coefficient (Wildman–Crippen LogP) is 3.35. The summed E-state index contributed by atoms with van der Waals surface area (Å²) >= 11 is 0. The molecule has 0 aliphatic carbocycles. The largest absolute Gasteiger partial charge is 0.356 e. The summed E-state index contributed by atoms with van der Waals surface area (Å²) in [4.78, 5) is 6.59. The number of benzene rings is 1. The van der Waals surface area contributed by atoms with Gasteiger partial charge in [-0.05, 0) is 17.4 Å². The fraction of sp³-hybridized carbons (Fsp3) is 0.500. The van der Waals surface area contributed by atoms with Crippen molar-refractivity contribution in [2.45, 2.75) is 39.2 Å². The van der Waals surface area contributed by atoms with Crippen LogP contribution in [0.3, 0.4) is 0 Å². The Labute approximate surface area is 151 Å². The van der Waals surface area contributed by atoms with Crippen LogP contribution in [-0.4, -0.2) is 41.3 Å². The van der Waals surface area contributed by atoms with Crippen LogP contribution in [-0.2, 0) is 13.6 Å². The highest BCUT2D eigenvalue weighted by atomic mass is 15.3. The average molecular weight is 342 g/mol. The Bertz CT molecular complexity index is 687. The van der Waals surface area contributed by atoms with Gasteiger partial charge >= 0.3 is 0 Å². The van der Waals surface area contributed by atoms with E-state index in [0.29, 0.717) is 11.8 Å². The number of aliphatic imine (C=N–C) groups is 1. The number of hydrogen-bond donors (Lipinski definition) is 1. The molecule has 5 nitrogen and oxygen atoms in total. The van der Waals surface area contributed by atoms with Crippen LogP contribution in [0.1, 0.15) is 49.4 Å². The lowest BCUT2D eigenvalue weighted by Gasteiger charge is -2.24. The van der Waals surface area contributed by atoms with Gasteiger partial charge in [0.1, 0.15) is 0 Å². The standard InChI is InChI=1S/C20H31N5/c1-15(2)19-18(14-25(6)23-19)13-24(5)20(21-4)22-12-16(3)17-10-8-7-9-11-17/h7-11,14-16H,12-13H2,1-6H3,(H,21,22). The van der Waals surface area contributed by atoms with E-state index in [-0.39, 0.29) is 0 Å². The summed E-state index contributed by atoms with van der Waals surface area (Å²) in [5, 5.41) is 8.08. The third-order valence-corrected chi connectivity index (χ3v) is 4.40. The first kappa shape index (κ1) is 19.0. The van der Waals surface area contributed by atoms with Gasteiger partial charge in [0.15, 0.2) is 5.96 Å². The summed E-state index contributed by atoms with van der Waals surface area (Å²) in [5.74, 6) is 1.75. The van der Waals surface area contributed by atoms with Crippen LogP contribution >= 0.6 is 0 Å². The molecule has 1 atom stereocenters. The van der Waals surface area contributed by atoms with Gasteiger partial charge in [0.05, 0.1) is 5.69 Å². The van der Waals surface area contributed by atoms with E-state index in [0.717, 1.165) is 24.7 Å². The number of hydrogen-bond acceptors (Lipinski definition) is 2. The van der Waals surface area contributed by atoms with E-state index >= 15 is 0 Å². The molecule has 0 saturated heterocycles. The van der Waals surface area contributed by atoms with Crippen LogP contribution in [0.25, 0.3) is 0 Å². The minimum atomic E-state index is 0.415. The number of nitrogens with zero attached hydrogens (tertiary/aromatic N) is 4. The second-order valence-electron chi connectivity index (χ2n) is 6.96. The maximum atomic E-state index is 4.59. The summed E-state index contributed by atoms with van der Waals surface area (Å²) in [6, 6.07) is 10.6. The van der Waals surface area contributed by atoms with E-state index in [2.05, 4.69) is 84.7 Å². The lowest BCUT2D eigenvalue weighted by Crippen LogP contribution is -2.40. The van der Waals surface area contributed by atoms with E-state index in [1.165, 1.54) is 11.1 Å². The van der Waals surface area contributed by atoms with Crippen LogP contribution in [0, 0.1) is 0 Å². The molecule has 0 spiro atoms. The van der Waals surface area contributed by atoms with Crippen molar-refractivity contribution in [1.29, 1.82) is 0 Å². The first-order valence-electron chi connectivity index (χ1n) is 8.91. The molecular formula is C20H31N5. The molecule has 1 aromatic heterocycles. The van der Waals surface area contributed by atoms with Gasteiger partial charge in [0.25, 0.3) is 0 Å². The van der Waals surface area contributed by atoms with Crippen LogP contribution in [0.5, 0.6) is 0 Å². The van der Waals surface area contributed by atoms with Crippen LogP contribution in [0.4, 0.5) is 0 Å². The smallest absolute Gasteiger partial charge is 0.193 e. The summed E-state index contributed by atoms with van der Waals surface area (Å²) in [5.41, 5.74) is 3.74. The van der Waals surface area contributed by atoms with Gasteiger partial charge in [0.2, 0.25) is 0 Å². The van der Waals surface area contributed by atoms with Crippen molar-refractivity contribution in [1.82, 2.24) is 20.0 Å². The lowest BCUT2D eigenvalue weighted by atomic mass is 10.0. The molecule has 0 aliphatic heterocycles. The third kappa shape index (κ3) is 5.08. The molecule has 5 heteroatoms. The first-order valence-corrected chi connectivity index (χ1v) is 8.91. The van der Waals surface area contributed by atoms with Gasteiger partial charge in [-0.2, -0.15) is 5.10 Å². The number of aryl methyl sites for hydroxylation is 1. The summed E-state index contributed by atoms with van der Waals surface area (Å²) < 4.78 is 1.90. The van der Waals surface area contributed by atoms with Gasteiger partial charge in [0, 0.05) is 46.0 Å². The zero-order chi connectivity index (χ0) is 18.4. The Hall–Kier alpha value is -2.30. The van der Waals surface area contributed by atoms with Crippen molar-refractivity contribution in [2.24, 2.45) is 12.0 Å². The Kier molecular flexibility index (Phi) is 6.62. The molecule has 25 heavy (non-hydrogen) atoms. The van der Waals surface area contributed by atoms with Crippen molar-refractivity contribution in [2.75, 3.05) is 20.6 Å². The van der Waals surface area contributed by atoms with Crippen LogP contribution in [0.15, 0.2) is 41.5 Å². The molecule has 0 saturated carbocycles. The topological polar surface area (TPSA) is 45.5 Å².